The van der Waals surface area contributed by atoms with Crippen LogP contribution in [0.25, 0.3) is 37.9 Å². The van der Waals surface area contributed by atoms with E-state index in [2.05, 4.69) is 65.5 Å². The van der Waals surface area contributed by atoms with Crippen LogP contribution in [0.2, 0.25) is 0 Å². The molecule has 3 aromatic heterocycles. The summed E-state index contributed by atoms with van der Waals surface area (Å²) < 4.78 is 80.2. The van der Waals surface area contributed by atoms with Gasteiger partial charge in [0.25, 0.3) is 0 Å². The molecule has 0 bridgehead atoms. The molecule has 3 fully saturated rings. The second-order valence-electron chi connectivity index (χ2n) is 24.5. The first kappa shape index (κ1) is 57.6. The molecule has 0 atom stereocenters. The molecular weight excluding hydrogens is 1050 g/mol. The zero-order valence-electron chi connectivity index (χ0n) is 45.5. The van der Waals surface area contributed by atoms with Gasteiger partial charge in [-0.15, -0.1) is 0 Å². The summed E-state index contributed by atoms with van der Waals surface area (Å²) in [5.74, 6) is 0.532. The zero-order chi connectivity index (χ0) is 56.0. The van der Waals surface area contributed by atoms with Gasteiger partial charge in [0.15, 0.2) is 11.5 Å². The van der Waals surface area contributed by atoms with Crippen LogP contribution >= 0.6 is 15.9 Å². The van der Waals surface area contributed by atoms with E-state index in [4.69, 9.17) is 11.3 Å². The number of rotatable bonds is 11. The number of aromatic nitrogens is 6. The standard InChI is InChI=1S/C20H25FN4O.C18H21BrF3N3O.C18H24FN3O2/c1-19(2,3)25-15-10-13(22-6)9-14(21)17(15)24-18(25)23-16(26)11-20(4,5)12-7-8-12;1-17(2,3)9-14(26)23-16-24-15-12(18(20,21)22)7-10(19)8-13(15)25(16)11-5-4-6-11;1-18(2,3)10-15(23)20-17-21-16-13(19)8-12(24-4)9-14(16)22(17)11-6-5-7-11/h9-10,12H,7-8,11H2,1-5H3,(H,23,24,26);7-8,11H,4-6,9H2,1-3H3,(H,23,24,26);8-9,11H,5-7,10H2,1-4H3,(H,20,21,23). The summed E-state index contributed by atoms with van der Waals surface area (Å²) in [7, 11) is 1.51. The van der Waals surface area contributed by atoms with Crippen LogP contribution in [0.3, 0.4) is 0 Å². The fourth-order valence-corrected chi connectivity index (χ4v) is 10.1. The number of methoxy groups -OCH3 is 1. The van der Waals surface area contributed by atoms with E-state index in [0.717, 1.165) is 44.6 Å². The molecule has 3 aromatic carbocycles. The molecule has 0 spiro atoms. The summed E-state index contributed by atoms with van der Waals surface area (Å²) in [6.07, 6.45) is 4.75. The number of fused-ring (bicyclic) bond motifs is 3. The summed E-state index contributed by atoms with van der Waals surface area (Å²) in [4.78, 5) is 53.5. The molecule has 0 unspecified atom stereocenters. The molecule has 20 heteroatoms. The van der Waals surface area contributed by atoms with Crippen LogP contribution in [-0.2, 0) is 26.1 Å². The van der Waals surface area contributed by atoms with E-state index in [1.54, 1.807) is 27.3 Å². The molecule has 6 aromatic rings. The third-order valence-corrected chi connectivity index (χ3v) is 14.3. The Hall–Kier alpha value is -6.10. The number of hydrogen-bond acceptors (Lipinski definition) is 7. The van der Waals surface area contributed by atoms with Crippen LogP contribution in [0.1, 0.15) is 164 Å². The van der Waals surface area contributed by atoms with E-state index in [1.807, 2.05) is 66.9 Å². The number of benzene rings is 3. The summed E-state index contributed by atoms with van der Waals surface area (Å²) in [6, 6.07) is 8.86. The number of ether oxygens (including phenoxy) is 1. The van der Waals surface area contributed by atoms with E-state index < -0.39 is 28.9 Å². The Morgan fingerprint density at radius 1 is 0.645 bits per heavy atom. The highest BCUT2D eigenvalue weighted by molar-refractivity contribution is 9.10. The average Bonchev–Trinajstić information content (AvgIpc) is 3.87. The average molecular weight is 1120 g/mol. The number of anilines is 3. The number of carbonyl (C=O) groups is 3. The van der Waals surface area contributed by atoms with Crippen molar-refractivity contribution in [1.82, 2.24) is 28.7 Å². The highest BCUT2D eigenvalue weighted by Crippen LogP contribution is 2.48. The van der Waals surface area contributed by atoms with Gasteiger partial charge in [-0.25, -0.2) is 28.6 Å². The maximum atomic E-state index is 14.4. The van der Waals surface area contributed by atoms with E-state index in [9.17, 15) is 36.3 Å². The first-order valence-electron chi connectivity index (χ1n) is 25.8. The fraction of sp³-hybridized carbons (Fsp3) is 0.554. The van der Waals surface area contributed by atoms with Crippen LogP contribution in [0.15, 0.2) is 40.9 Å². The van der Waals surface area contributed by atoms with Crippen LogP contribution in [0, 0.1) is 40.4 Å². The molecule has 0 saturated heterocycles. The van der Waals surface area contributed by atoms with Crippen LogP contribution in [0.4, 0.5) is 45.5 Å². The van der Waals surface area contributed by atoms with Crippen LogP contribution in [0.5, 0.6) is 5.75 Å². The molecule has 14 nitrogen and oxygen atoms in total. The van der Waals surface area contributed by atoms with E-state index in [-0.39, 0.29) is 80.7 Å². The first-order valence-corrected chi connectivity index (χ1v) is 26.6. The Labute approximate surface area is 449 Å². The number of hydrogen-bond donors (Lipinski definition) is 3. The third kappa shape index (κ3) is 13.5. The number of nitrogens with zero attached hydrogens (tertiary/aromatic N) is 7. The number of halogens is 6. The van der Waals surface area contributed by atoms with E-state index >= 15 is 0 Å². The van der Waals surface area contributed by atoms with Crippen molar-refractivity contribution >= 4 is 90.3 Å². The van der Waals surface area contributed by atoms with Crippen molar-refractivity contribution in [3.05, 3.63) is 69.5 Å². The molecule has 3 aliphatic carbocycles. The normalized spacial score (nSPS) is 15.5. The topological polar surface area (TPSA) is 154 Å². The molecule has 3 N–H and O–H groups in total. The Balaban J connectivity index is 0.000000166. The van der Waals surface area contributed by atoms with Crippen LogP contribution < -0.4 is 20.7 Å². The molecule has 0 aliphatic heterocycles. The zero-order valence-corrected chi connectivity index (χ0v) is 47.1. The molecule has 0 radical (unpaired) electrons. The fourth-order valence-electron chi connectivity index (χ4n) is 9.67. The van der Waals surface area contributed by atoms with Gasteiger partial charge in [0.05, 0.1) is 35.8 Å². The lowest BCUT2D eigenvalue weighted by Crippen LogP contribution is -2.28. The third-order valence-electron chi connectivity index (χ3n) is 13.8. The van der Waals surface area contributed by atoms with Gasteiger partial charge in [0.2, 0.25) is 35.6 Å². The van der Waals surface area contributed by atoms with E-state index in [1.165, 1.54) is 32.1 Å². The molecule has 3 saturated carbocycles. The van der Waals surface area contributed by atoms with Gasteiger partial charge < -0.3 is 18.4 Å². The Morgan fingerprint density at radius 3 is 1.55 bits per heavy atom. The van der Waals surface area contributed by atoms with Crippen molar-refractivity contribution in [2.24, 2.45) is 22.2 Å². The molecule has 76 heavy (non-hydrogen) atoms. The minimum atomic E-state index is -4.52. The predicted molar refractivity (Wildman–Crippen MR) is 291 cm³/mol. The number of imidazole rings is 3. The number of nitrogens with one attached hydrogen (secondary N) is 3. The number of amides is 3. The molecule has 3 aliphatic rings. The van der Waals surface area contributed by atoms with Gasteiger partial charge in [-0.3, -0.25) is 30.3 Å². The largest absolute Gasteiger partial charge is 0.497 e. The molecule has 3 heterocycles. The number of alkyl halides is 3. The maximum absolute atomic E-state index is 14.4. The van der Waals surface area contributed by atoms with Gasteiger partial charge in [-0.05, 0) is 119 Å². The van der Waals surface area contributed by atoms with Gasteiger partial charge in [0.1, 0.15) is 28.1 Å². The van der Waals surface area contributed by atoms with Gasteiger partial charge in [-0.2, -0.15) is 13.2 Å². The van der Waals surface area contributed by atoms with Crippen molar-refractivity contribution in [3.63, 3.8) is 0 Å². The Morgan fingerprint density at radius 2 is 1.11 bits per heavy atom. The van der Waals surface area contributed by atoms with Gasteiger partial charge in [0, 0.05) is 53.5 Å². The molecule has 9 rings (SSSR count). The second-order valence-corrected chi connectivity index (χ2v) is 25.4. The quantitative estimate of drug-likeness (QED) is 0.0862. The van der Waals surface area contributed by atoms with E-state index in [0.29, 0.717) is 57.4 Å². The molecule has 410 valence electrons. The van der Waals surface area contributed by atoms with Gasteiger partial charge in [-0.1, -0.05) is 71.3 Å². The van der Waals surface area contributed by atoms with Gasteiger partial charge >= 0.3 is 6.18 Å². The summed E-state index contributed by atoms with van der Waals surface area (Å²) >= 11 is 3.17. The highest BCUT2D eigenvalue weighted by atomic mass is 79.9. The minimum absolute atomic E-state index is 0.0504. The van der Waals surface area contributed by atoms with Crippen molar-refractivity contribution in [2.45, 2.75) is 171 Å². The lowest BCUT2D eigenvalue weighted by molar-refractivity contribution is -0.136. The minimum Gasteiger partial charge on any atom is -0.497 e. The molecule has 3 amide bonds. The predicted octanol–water partition coefficient (Wildman–Crippen LogP) is 15.4. The van der Waals surface area contributed by atoms with Crippen molar-refractivity contribution in [2.75, 3.05) is 23.1 Å². The second kappa shape index (κ2) is 21.7. The Kier molecular flexibility index (Phi) is 16.5. The van der Waals surface area contributed by atoms with Crippen molar-refractivity contribution in [1.29, 1.82) is 0 Å². The van der Waals surface area contributed by atoms with Crippen molar-refractivity contribution < 1.29 is 41.1 Å². The monoisotopic (exact) mass is 1120 g/mol. The highest BCUT2D eigenvalue weighted by Gasteiger charge is 2.40. The summed E-state index contributed by atoms with van der Waals surface area (Å²) in [5.41, 5.74) is 0.478. The lowest BCUT2D eigenvalue weighted by atomic mass is 9.83. The first-order chi connectivity index (χ1) is 35.3. The Bertz CT molecular complexity index is 3210. The molecular formula is C56H70BrF5N10O4. The summed E-state index contributed by atoms with van der Waals surface area (Å²) in [5, 5.41) is 8.49. The number of carbonyl (C=O) groups excluding carboxylic acids is 3. The smallest absolute Gasteiger partial charge is 0.418 e. The SMILES string of the molecule is CC(C)(C)CC(=O)Nc1nc2c(C(F)(F)F)cc(Br)cc2n1C1CCC1.COc1cc(F)c2nc(NC(=O)CC(C)(C)C)n(C3CCC3)c2c1.[C-]#[N+]c1cc(F)c2nc(NC(=O)CC(C)(C)C3CC3)n(C(C)(C)C)c2c1. The lowest BCUT2D eigenvalue weighted by Gasteiger charge is -2.29. The van der Waals surface area contributed by atoms with Crippen molar-refractivity contribution in [3.8, 4) is 5.75 Å². The van der Waals surface area contributed by atoms with Crippen LogP contribution in [-0.4, -0.2) is 53.5 Å². The maximum Gasteiger partial charge on any atom is 0.418 e. The summed E-state index contributed by atoms with van der Waals surface area (Å²) in [6.45, 7) is 29.1.